The number of hydrogen-bond acceptors (Lipinski definition) is 6. The van der Waals surface area contributed by atoms with Crippen LogP contribution in [-0.4, -0.2) is 38.1 Å². The second-order valence-corrected chi connectivity index (χ2v) is 24.6. The van der Waals surface area contributed by atoms with E-state index in [1.165, 1.54) is 6.42 Å². The first-order valence-corrected chi connectivity index (χ1v) is 27.1. The van der Waals surface area contributed by atoms with Crippen molar-refractivity contribution in [2.45, 2.75) is 27.7 Å². The van der Waals surface area contributed by atoms with Crippen molar-refractivity contribution in [1.82, 2.24) is 0 Å². The van der Waals surface area contributed by atoms with Gasteiger partial charge in [-0.15, -0.1) is 0 Å². The predicted octanol–water partition coefficient (Wildman–Crippen LogP) is 2.87. The molecule has 16 heteroatoms. The predicted molar refractivity (Wildman–Crippen MR) is 103 cm³/mol. The molecule has 172 valence electrons. The molecule has 0 fully saturated rings. The van der Waals surface area contributed by atoms with Crippen molar-refractivity contribution in [3.63, 3.8) is 0 Å². The molecule has 0 saturated carbocycles. The molecule has 0 aliphatic heterocycles. The van der Waals surface area contributed by atoms with Crippen LogP contribution in [0.15, 0.2) is 0 Å². The Hall–Kier alpha value is 1.84. The Morgan fingerprint density at radius 3 is 0.654 bits per heavy atom. The van der Waals surface area contributed by atoms with Gasteiger partial charge in [-0.3, -0.25) is 27.2 Å². The van der Waals surface area contributed by atoms with E-state index in [0.717, 1.165) is 0 Å². The second-order valence-electron chi connectivity index (χ2n) is 0.815. The van der Waals surface area contributed by atoms with E-state index >= 15 is 0 Å². The molecule has 0 aromatic carbocycles. The molecule has 0 aromatic heterocycles. The first-order chi connectivity index (χ1) is 10.2. The Kier molecular flexibility index (Phi) is 3080. The van der Waals surface area contributed by atoms with Crippen molar-refractivity contribution < 1.29 is 91.6 Å². The van der Waals surface area contributed by atoms with Gasteiger partial charge in [-0.1, -0.05) is 27.7 Å². The summed E-state index contributed by atoms with van der Waals surface area (Å²) in [6.07, 6.45) is 1.25. The van der Waals surface area contributed by atoms with E-state index < -0.39 is 0 Å². The zero-order valence-electron chi connectivity index (χ0n) is 12.5. The Bertz CT molecular complexity index is 127. The summed E-state index contributed by atoms with van der Waals surface area (Å²) in [4.78, 5) is 31.0. The molecule has 8 nitrogen and oxygen atoms in total. The quantitative estimate of drug-likeness (QED) is 0.266. The molecule has 0 amide bonds. The van der Waals surface area contributed by atoms with Gasteiger partial charge >= 0.3 is 81.6 Å². The molecule has 2 radical (unpaired) electrons. The molecule has 0 aliphatic carbocycles. The van der Waals surface area contributed by atoms with Gasteiger partial charge < -0.3 is 53.8 Å². The van der Waals surface area contributed by atoms with Gasteiger partial charge in [0.25, 0.3) is 0 Å². The van der Waals surface area contributed by atoms with Crippen LogP contribution in [0, 0.1) is 23.7 Å². The van der Waals surface area contributed by atoms with E-state index in [1.54, 1.807) is 0 Å². The third-order valence-corrected chi connectivity index (χ3v) is 0. The number of rotatable bonds is 0. The van der Waals surface area contributed by atoms with Crippen molar-refractivity contribution in [3.8, 4) is 0 Å². The van der Waals surface area contributed by atoms with E-state index in [0.29, 0.717) is 0 Å². The minimum Gasteiger partial charge on any atom is -0.545 e. The van der Waals surface area contributed by atoms with Crippen LogP contribution in [0.4, 0.5) is 0 Å². The summed E-state index contributed by atoms with van der Waals surface area (Å²) in [6, 6.07) is 0. The molecule has 0 saturated heterocycles. The number of hydrogen-bond donors (Lipinski definition) is 0. The van der Waals surface area contributed by atoms with Crippen LogP contribution in [-0.2, 0) is 80.6 Å². The maximum Gasteiger partial charge on any atom is 0 e. The van der Waals surface area contributed by atoms with Crippen LogP contribution in [0.1, 0.15) is 27.7 Å². The molecule has 0 aliphatic rings. The maximum absolute atomic E-state index is 7.75. The van der Waals surface area contributed by atoms with Gasteiger partial charge in [-0.25, -0.2) is 0 Å². The zero-order chi connectivity index (χ0) is 20.1. The average molecular weight is 1070 g/mol. The largest absolute Gasteiger partial charge is 0.545 e. The van der Waals surface area contributed by atoms with Crippen LogP contribution >= 0.6 is 53.7 Å². The average Bonchev–Trinajstić information content (AvgIpc) is 2.60. The smallest absolute Gasteiger partial charge is 0 e. The summed E-state index contributed by atoms with van der Waals surface area (Å²) in [5, 5.41) is 12.5. The molecule has 4 N–H and O–H groups in total. The van der Waals surface area contributed by atoms with E-state index in [-0.39, 0.29) is 79.8 Å². The maximum atomic E-state index is 7.75. The van der Waals surface area contributed by atoms with Crippen LogP contribution in [0.3, 0.4) is 0 Å². The molecule has 0 bridgehead atoms. The fraction of sp³-hybridized carbons (Fsp3) is 0.400. The van der Waals surface area contributed by atoms with Crippen LogP contribution in [0.2, 0.25) is 0 Å². The monoisotopic (exact) mass is 1070 g/mol. The van der Waals surface area contributed by atoms with Crippen molar-refractivity contribution in [3.05, 3.63) is 13.1 Å². The molecule has 0 rings (SSSR count). The number of halogens is 4. The summed E-state index contributed by atoms with van der Waals surface area (Å²) in [6.45, 7) is 26.8. The summed E-state index contributed by atoms with van der Waals surface area (Å²) in [5.74, 6) is 0. The molecular formula is C10H20Br4Co2N2O6Re2-6. The number of nitrogens with zero attached hydrogens (tertiary/aromatic N) is 2. The Morgan fingerprint density at radius 2 is 0.654 bits per heavy atom. The molecule has 0 unspecified atom stereocenters. The van der Waals surface area contributed by atoms with Gasteiger partial charge in [-0.2, -0.15) is 0 Å². The Labute approximate surface area is 221 Å². The van der Waals surface area contributed by atoms with Gasteiger partial charge in [-0.05, 0) is 0 Å². The van der Waals surface area contributed by atoms with Crippen molar-refractivity contribution in [2.75, 3.05) is 0 Å². The van der Waals surface area contributed by atoms with Gasteiger partial charge in [0.1, 0.15) is 0 Å². The summed E-state index contributed by atoms with van der Waals surface area (Å²) < 4.78 is 0. The van der Waals surface area contributed by atoms with Crippen LogP contribution < -0.4 is 0 Å². The topological polar surface area (TPSA) is 179 Å². The van der Waals surface area contributed by atoms with E-state index in [1.807, 2.05) is 0 Å². The Morgan fingerprint density at radius 1 is 0.654 bits per heavy atom. The Balaban J connectivity index is -0.00000000511. The first kappa shape index (κ1) is 105. The van der Waals surface area contributed by atoms with Crippen molar-refractivity contribution >= 4 is 80.9 Å². The summed E-state index contributed by atoms with van der Waals surface area (Å²) >= 11 is 12.8. The zero-order valence-corrected chi connectivity index (χ0v) is 26.3. The standard InChI is InChI=1S/C3H8.2CN.4CHO.CH4.4BrH.2Co.2H2O.2Re/c1-3-2;6*1-2;;;;;;;;;;;/h3H2,1-2H3;;;4*1H;1H4;4*1H;;;2*1H2;;/q;6*-1;;;;;;;;;;2*+2/p-4. The van der Waals surface area contributed by atoms with Gasteiger partial charge in [0.15, 0.2) is 0 Å². The fourth-order valence-corrected chi connectivity index (χ4v) is 0. The summed E-state index contributed by atoms with van der Waals surface area (Å²) in [5.41, 5.74) is 0. The third kappa shape index (κ3) is 4720. The molecule has 0 spiro atoms. The van der Waals surface area contributed by atoms with Crippen molar-refractivity contribution in [1.29, 1.82) is 10.5 Å². The van der Waals surface area contributed by atoms with E-state index in [9.17, 15) is 0 Å². The minimum atomic E-state index is -0.0417. The van der Waals surface area contributed by atoms with E-state index in [2.05, 4.69) is 94.7 Å². The van der Waals surface area contributed by atoms with Crippen molar-refractivity contribution in [2.24, 2.45) is 0 Å². The fourth-order valence-electron chi connectivity index (χ4n) is 0. The van der Waals surface area contributed by atoms with Gasteiger partial charge in [0.05, 0.1) is 0 Å². The number of carbonyl (C=O) groups excluding carboxylic acids is 4. The minimum absolute atomic E-state index is 0. The van der Waals surface area contributed by atoms with E-state index in [4.69, 9.17) is 42.8 Å². The van der Waals surface area contributed by atoms with Crippen LogP contribution in [0.25, 0.3) is 0 Å². The van der Waals surface area contributed by atoms with Gasteiger partial charge in [0, 0.05) is 33.6 Å². The molecule has 0 heterocycles. The second kappa shape index (κ2) is 766. The summed E-state index contributed by atoms with van der Waals surface area (Å²) in [7, 11) is 0. The normalized spacial score (nSPS) is 2.85. The molecule has 0 atom stereocenters. The molecule has 26 heavy (non-hydrogen) atoms. The molecule has 0 aromatic rings. The van der Waals surface area contributed by atoms with Crippen LogP contribution in [0.5, 0.6) is 0 Å². The third-order valence-electron chi connectivity index (χ3n) is 0. The first-order valence-electron chi connectivity index (χ1n) is 3.38. The van der Waals surface area contributed by atoms with Gasteiger partial charge in [0.2, 0.25) is 0 Å². The molecular weight excluding hydrogens is 1050 g/mol. The SMILES string of the molecule is C.CCC.O.O.[Br][Re][Br].[Br][Re][Br].[C-]#N.[C-]#N.[CH-]=O.[CH-]=O.[CH-]=O.[CH-]=O.[Co].[Co].